The molecule has 0 aromatic heterocycles. The number of carboxylic acid groups (broad SMARTS) is 1. The topological polar surface area (TPSA) is 137 Å². The molecule has 3 amide bonds. The Morgan fingerprint density at radius 2 is 1.65 bits per heavy atom. The van der Waals surface area contributed by atoms with E-state index in [0.717, 1.165) is 18.5 Å². The fourth-order valence-corrected chi connectivity index (χ4v) is 3.95. The second-order valence-electron chi connectivity index (χ2n) is 9.34. The van der Waals surface area contributed by atoms with Crippen molar-refractivity contribution in [1.29, 1.82) is 0 Å². The van der Waals surface area contributed by atoms with Crippen molar-refractivity contribution >= 4 is 23.7 Å². The van der Waals surface area contributed by atoms with Crippen molar-refractivity contribution in [3.05, 3.63) is 35.9 Å². The number of benzene rings is 1. The van der Waals surface area contributed by atoms with Crippen molar-refractivity contribution in [2.24, 2.45) is 11.8 Å². The molecule has 1 aromatic carbocycles. The smallest absolute Gasteiger partial charge is 0.326 e. The molecule has 0 aliphatic carbocycles. The third kappa shape index (κ3) is 7.83. The number of hydrogen-bond acceptors (Lipinski definition) is 5. The maximum absolute atomic E-state index is 13.3. The van der Waals surface area contributed by atoms with Crippen LogP contribution in [0, 0.1) is 11.8 Å². The summed E-state index contributed by atoms with van der Waals surface area (Å²) in [5.74, 6) is -2.97. The Morgan fingerprint density at radius 3 is 2.18 bits per heavy atom. The van der Waals surface area contributed by atoms with E-state index >= 15 is 0 Å². The number of amides is 3. The van der Waals surface area contributed by atoms with Gasteiger partial charge < -0.3 is 26.4 Å². The summed E-state index contributed by atoms with van der Waals surface area (Å²) in [4.78, 5) is 50.7. The highest BCUT2D eigenvalue weighted by molar-refractivity contribution is 5.94. The SMILES string of the molecule is CC[C@H](C)[C@H](NC(=O)[C@H](Cc1ccccc1)NC(=O)[C@@H]1CCCN1)C(=O)N[C@H](C(=O)O)C(C)C. The van der Waals surface area contributed by atoms with Crippen LogP contribution in [-0.2, 0) is 25.6 Å². The zero-order valence-electron chi connectivity index (χ0n) is 20.5. The van der Waals surface area contributed by atoms with Crippen molar-refractivity contribution in [1.82, 2.24) is 21.3 Å². The van der Waals surface area contributed by atoms with E-state index < -0.39 is 35.9 Å². The van der Waals surface area contributed by atoms with Crippen LogP contribution in [0.3, 0.4) is 0 Å². The fourth-order valence-electron chi connectivity index (χ4n) is 3.95. The molecule has 1 saturated heterocycles. The molecule has 1 heterocycles. The molecule has 0 saturated carbocycles. The molecule has 9 nitrogen and oxygen atoms in total. The van der Waals surface area contributed by atoms with Crippen molar-refractivity contribution in [2.45, 2.75) is 77.5 Å². The highest BCUT2D eigenvalue weighted by atomic mass is 16.4. The van der Waals surface area contributed by atoms with Crippen LogP contribution in [-0.4, -0.2) is 59.5 Å². The molecule has 0 radical (unpaired) electrons. The Kier molecular flexibility index (Phi) is 10.5. The first-order valence-corrected chi connectivity index (χ1v) is 12.0. The van der Waals surface area contributed by atoms with E-state index in [1.807, 2.05) is 44.2 Å². The second kappa shape index (κ2) is 13.1. The van der Waals surface area contributed by atoms with Crippen LogP contribution in [0.15, 0.2) is 30.3 Å². The monoisotopic (exact) mass is 474 g/mol. The summed E-state index contributed by atoms with van der Waals surface area (Å²) in [5.41, 5.74) is 0.873. The lowest BCUT2D eigenvalue weighted by Crippen LogP contribution is -2.59. The zero-order valence-corrected chi connectivity index (χ0v) is 20.5. The van der Waals surface area contributed by atoms with Gasteiger partial charge in [-0.15, -0.1) is 0 Å². The summed E-state index contributed by atoms with van der Waals surface area (Å²) in [6, 6.07) is 6.12. The molecule has 34 heavy (non-hydrogen) atoms. The van der Waals surface area contributed by atoms with Crippen LogP contribution in [0.25, 0.3) is 0 Å². The largest absolute Gasteiger partial charge is 0.480 e. The summed E-state index contributed by atoms with van der Waals surface area (Å²) in [7, 11) is 0. The number of hydrogen-bond donors (Lipinski definition) is 5. The molecule has 188 valence electrons. The van der Waals surface area contributed by atoms with Crippen molar-refractivity contribution < 1.29 is 24.3 Å². The van der Waals surface area contributed by atoms with Gasteiger partial charge in [-0.25, -0.2) is 4.79 Å². The van der Waals surface area contributed by atoms with Gasteiger partial charge in [0.25, 0.3) is 0 Å². The summed E-state index contributed by atoms with van der Waals surface area (Å²) in [6.07, 6.45) is 2.46. The Hall–Kier alpha value is -2.94. The van der Waals surface area contributed by atoms with E-state index in [1.165, 1.54) is 0 Å². The van der Waals surface area contributed by atoms with Gasteiger partial charge >= 0.3 is 5.97 Å². The van der Waals surface area contributed by atoms with Crippen molar-refractivity contribution in [3.63, 3.8) is 0 Å². The minimum atomic E-state index is -1.13. The predicted molar refractivity (Wildman–Crippen MR) is 129 cm³/mol. The number of aliphatic carboxylic acids is 1. The minimum Gasteiger partial charge on any atom is -0.480 e. The Bertz CT molecular complexity index is 839. The molecular formula is C25H38N4O5. The standard InChI is InChI=1S/C25H38N4O5/c1-5-16(4)21(24(32)28-20(15(2)3)25(33)34)29-23(31)19(14-17-10-7-6-8-11-17)27-22(30)18-12-9-13-26-18/h6-8,10-11,15-16,18-21,26H,5,9,12-14H2,1-4H3,(H,27,30)(H,28,32)(H,29,31)(H,33,34)/t16-,18-,19-,20-,21-/m0/s1. The first-order valence-electron chi connectivity index (χ1n) is 12.0. The lowest BCUT2D eigenvalue weighted by molar-refractivity contribution is -0.144. The van der Waals surface area contributed by atoms with Gasteiger partial charge in [0.2, 0.25) is 17.7 Å². The molecule has 2 rings (SSSR count). The Balaban J connectivity index is 2.20. The van der Waals surface area contributed by atoms with Crippen LogP contribution in [0.5, 0.6) is 0 Å². The lowest BCUT2D eigenvalue weighted by Gasteiger charge is -2.29. The van der Waals surface area contributed by atoms with E-state index in [1.54, 1.807) is 13.8 Å². The van der Waals surface area contributed by atoms with E-state index in [9.17, 15) is 24.3 Å². The first kappa shape index (κ1) is 27.3. The first-order chi connectivity index (χ1) is 16.1. The highest BCUT2D eigenvalue weighted by Gasteiger charge is 2.34. The zero-order chi connectivity index (χ0) is 25.3. The molecule has 9 heteroatoms. The molecule has 5 N–H and O–H groups in total. The van der Waals surface area contributed by atoms with Gasteiger partial charge in [0, 0.05) is 6.42 Å². The van der Waals surface area contributed by atoms with Gasteiger partial charge in [-0.2, -0.15) is 0 Å². The fraction of sp³-hybridized carbons (Fsp3) is 0.600. The average Bonchev–Trinajstić information content (AvgIpc) is 3.35. The second-order valence-corrected chi connectivity index (χ2v) is 9.34. The van der Waals surface area contributed by atoms with Gasteiger partial charge in [-0.05, 0) is 36.8 Å². The van der Waals surface area contributed by atoms with Crippen molar-refractivity contribution in [2.75, 3.05) is 6.54 Å². The van der Waals surface area contributed by atoms with Gasteiger partial charge in [-0.3, -0.25) is 14.4 Å². The lowest BCUT2D eigenvalue weighted by atomic mass is 9.96. The average molecular weight is 475 g/mol. The van der Waals surface area contributed by atoms with Crippen LogP contribution < -0.4 is 21.3 Å². The van der Waals surface area contributed by atoms with Crippen molar-refractivity contribution in [3.8, 4) is 0 Å². The maximum atomic E-state index is 13.3. The van der Waals surface area contributed by atoms with Crippen LogP contribution in [0.1, 0.15) is 52.5 Å². The van der Waals surface area contributed by atoms with Gasteiger partial charge in [0.15, 0.2) is 0 Å². The Labute approximate surface area is 201 Å². The number of carbonyl (C=O) groups excluding carboxylic acids is 3. The molecule has 1 aliphatic rings. The van der Waals surface area contributed by atoms with Crippen LogP contribution >= 0.6 is 0 Å². The summed E-state index contributed by atoms with van der Waals surface area (Å²) in [5, 5.41) is 20.8. The molecule has 0 spiro atoms. The molecule has 0 bridgehead atoms. The van der Waals surface area contributed by atoms with Crippen LogP contribution in [0.4, 0.5) is 0 Å². The highest BCUT2D eigenvalue weighted by Crippen LogP contribution is 2.12. The number of carboxylic acids is 1. The van der Waals surface area contributed by atoms with Gasteiger partial charge in [-0.1, -0.05) is 64.4 Å². The molecule has 0 unspecified atom stereocenters. The maximum Gasteiger partial charge on any atom is 0.326 e. The molecule has 1 fully saturated rings. The summed E-state index contributed by atoms with van der Waals surface area (Å²) >= 11 is 0. The van der Waals surface area contributed by atoms with E-state index in [0.29, 0.717) is 12.8 Å². The number of carbonyl (C=O) groups is 4. The molecule has 5 atom stereocenters. The Morgan fingerprint density at radius 1 is 1.00 bits per heavy atom. The van der Waals surface area contributed by atoms with Gasteiger partial charge in [0.05, 0.1) is 6.04 Å². The molecule has 1 aromatic rings. The molecule has 1 aliphatic heterocycles. The minimum absolute atomic E-state index is 0.241. The summed E-state index contributed by atoms with van der Waals surface area (Å²) in [6.45, 7) is 7.88. The van der Waals surface area contributed by atoms with E-state index in [-0.39, 0.29) is 30.2 Å². The third-order valence-corrected chi connectivity index (χ3v) is 6.32. The molecular weight excluding hydrogens is 436 g/mol. The number of nitrogens with one attached hydrogen (secondary N) is 4. The third-order valence-electron chi connectivity index (χ3n) is 6.32. The van der Waals surface area contributed by atoms with Gasteiger partial charge in [0.1, 0.15) is 18.1 Å². The normalized spacial score (nSPS) is 19.0. The quantitative estimate of drug-likeness (QED) is 0.309. The van der Waals surface area contributed by atoms with E-state index in [2.05, 4.69) is 21.3 Å². The van der Waals surface area contributed by atoms with E-state index in [4.69, 9.17) is 0 Å². The predicted octanol–water partition coefficient (Wildman–Crippen LogP) is 1.22. The van der Waals surface area contributed by atoms with Crippen LogP contribution in [0.2, 0.25) is 0 Å². The summed E-state index contributed by atoms with van der Waals surface area (Å²) < 4.78 is 0. The number of rotatable bonds is 12.